The van der Waals surface area contributed by atoms with Crippen LogP contribution in [0.25, 0.3) is 0 Å². The van der Waals surface area contributed by atoms with Crippen LogP contribution in [-0.4, -0.2) is 53.7 Å². The third-order valence-electron chi connectivity index (χ3n) is 5.43. The molecule has 1 aromatic carbocycles. The number of rotatable bonds is 7. The third-order valence-corrected chi connectivity index (χ3v) is 7.59. The highest BCUT2D eigenvalue weighted by molar-refractivity contribution is 7.89. The van der Waals surface area contributed by atoms with Crippen molar-refractivity contribution < 1.29 is 18.0 Å². The van der Waals surface area contributed by atoms with Crippen molar-refractivity contribution in [3.8, 4) is 0 Å². The summed E-state index contributed by atoms with van der Waals surface area (Å²) >= 11 is 0. The Labute approximate surface area is 177 Å². The zero-order chi connectivity index (χ0) is 21.9. The van der Waals surface area contributed by atoms with Crippen LogP contribution in [0.3, 0.4) is 0 Å². The number of ketones is 1. The summed E-state index contributed by atoms with van der Waals surface area (Å²) in [4.78, 5) is 24.7. The fourth-order valence-electron chi connectivity index (χ4n) is 3.70. The molecule has 1 aromatic heterocycles. The van der Waals surface area contributed by atoms with Gasteiger partial charge in [0.05, 0.1) is 11.4 Å². The van der Waals surface area contributed by atoms with E-state index >= 15 is 0 Å². The molecule has 9 heteroatoms. The van der Waals surface area contributed by atoms with Crippen LogP contribution in [0.5, 0.6) is 0 Å². The number of piperidine rings is 1. The van der Waals surface area contributed by atoms with Crippen LogP contribution in [0.2, 0.25) is 0 Å². The smallest absolute Gasteiger partial charge is 0.246 e. The van der Waals surface area contributed by atoms with Crippen molar-refractivity contribution in [1.29, 1.82) is 0 Å². The van der Waals surface area contributed by atoms with Gasteiger partial charge in [0.15, 0.2) is 5.78 Å². The standard InChI is InChI=1S/C21H28N4O4S/c1-14-4-6-17(7-5-14)19(26)8-9-20(27)22-18-10-12-25(13-11-18)30(28,29)21-15(2)23-24-16(21)3/h4-7,18H,8-13H2,1-3H3,(H,22,27)(H,23,24). The summed E-state index contributed by atoms with van der Waals surface area (Å²) in [6.45, 7) is 5.98. The van der Waals surface area contributed by atoms with Crippen molar-refractivity contribution in [2.24, 2.45) is 0 Å². The number of aromatic amines is 1. The lowest BCUT2D eigenvalue weighted by atomic mass is 10.0. The lowest BCUT2D eigenvalue weighted by Gasteiger charge is -2.31. The van der Waals surface area contributed by atoms with E-state index < -0.39 is 10.0 Å². The van der Waals surface area contributed by atoms with Gasteiger partial charge >= 0.3 is 0 Å². The molecular formula is C21H28N4O4S. The number of nitrogens with zero attached hydrogens (tertiary/aromatic N) is 2. The first-order chi connectivity index (χ1) is 14.2. The molecule has 2 heterocycles. The zero-order valence-electron chi connectivity index (χ0n) is 17.6. The molecule has 0 saturated carbocycles. The normalized spacial score (nSPS) is 15.8. The molecule has 3 rings (SSSR count). The SMILES string of the molecule is Cc1ccc(C(=O)CCC(=O)NC2CCN(S(=O)(=O)c3c(C)n[nH]c3C)CC2)cc1. The van der Waals surface area contributed by atoms with Gasteiger partial charge in [0.25, 0.3) is 0 Å². The second kappa shape index (κ2) is 9.09. The van der Waals surface area contributed by atoms with Gasteiger partial charge in [-0.05, 0) is 33.6 Å². The topological polar surface area (TPSA) is 112 Å². The molecule has 0 unspecified atom stereocenters. The van der Waals surface area contributed by atoms with E-state index in [1.54, 1.807) is 26.0 Å². The molecule has 1 aliphatic rings. The Balaban J connectivity index is 1.48. The van der Waals surface area contributed by atoms with Crippen LogP contribution in [0.1, 0.15) is 53.0 Å². The summed E-state index contributed by atoms with van der Waals surface area (Å²) in [5.74, 6) is -0.241. The van der Waals surface area contributed by atoms with Crippen LogP contribution in [-0.2, 0) is 14.8 Å². The third kappa shape index (κ3) is 4.96. The van der Waals surface area contributed by atoms with E-state index in [1.165, 1.54) is 4.31 Å². The Hall–Kier alpha value is -2.52. The van der Waals surface area contributed by atoms with E-state index in [0.717, 1.165) is 5.56 Å². The van der Waals surface area contributed by atoms with E-state index in [4.69, 9.17) is 0 Å². The second-order valence-electron chi connectivity index (χ2n) is 7.80. The van der Waals surface area contributed by atoms with Gasteiger partial charge in [-0.1, -0.05) is 29.8 Å². The molecule has 30 heavy (non-hydrogen) atoms. The van der Waals surface area contributed by atoms with Crippen LogP contribution in [0, 0.1) is 20.8 Å². The fraction of sp³-hybridized carbons (Fsp3) is 0.476. The van der Waals surface area contributed by atoms with E-state index in [9.17, 15) is 18.0 Å². The minimum Gasteiger partial charge on any atom is -0.353 e. The molecular weight excluding hydrogens is 404 g/mol. The van der Waals surface area contributed by atoms with Crippen molar-refractivity contribution in [1.82, 2.24) is 19.8 Å². The maximum Gasteiger partial charge on any atom is 0.246 e. The fourth-order valence-corrected chi connectivity index (χ4v) is 5.50. The van der Waals surface area contributed by atoms with Crippen molar-refractivity contribution in [2.45, 2.75) is 57.4 Å². The highest BCUT2D eigenvalue weighted by Gasteiger charge is 2.33. The van der Waals surface area contributed by atoms with Crippen LogP contribution >= 0.6 is 0 Å². The summed E-state index contributed by atoms with van der Waals surface area (Å²) in [6, 6.07) is 7.21. The minimum atomic E-state index is -3.60. The number of hydrogen-bond donors (Lipinski definition) is 2. The van der Waals surface area contributed by atoms with Crippen LogP contribution in [0.15, 0.2) is 29.2 Å². The number of benzene rings is 1. The largest absolute Gasteiger partial charge is 0.353 e. The lowest BCUT2D eigenvalue weighted by molar-refractivity contribution is -0.122. The van der Waals surface area contributed by atoms with E-state index in [1.807, 2.05) is 19.1 Å². The number of carbonyl (C=O) groups is 2. The Morgan fingerprint density at radius 2 is 1.73 bits per heavy atom. The molecule has 1 saturated heterocycles. The van der Waals surface area contributed by atoms with Crippen LogP contribution < -0.4 is 5.32 Å². The second-order valence-corrected chi connectivity index (χ2v) is 9.67. The van der Waals surface area contributed by atoms with E-state index in [2.05, 4.69) is 15.5 Å². The number of aromatic nitrogens is 2. The van der Waals surface area contributed by atoms with Gasteiger partial charge in [0, 0.05) is 37.5 Å². The highest BCUT2D eigenvalue weighted by atomic mass is 32.2. The first-order valence-electron chi connectivity index (χ1n) is 10.1. The molecule has 8 nitrogen and oxygen atoms in total. The van der Waals surface area contributed by atoms with E-state index in [0.29, 0.717) is 42.9 Å². The molecule has 0 aliphatic carbocycles. The summed E-state index contributed by atoms with van der Waals surface area (Å²) in [6.07, 6.45) is 1.35. The van der Waals surface area contributed by atoms with Crippen molar-refractivity contribution in [3.63, 3.8) is 0 Å². The molecule has 1 amide bonds. The van der Waals surface area contributed by atoms with Gasteiger partial charge in [-0.15, -0.1) is 0 Å². The van der Waals surface area contributed by atoms with E-state index in [-0.39, 0.29) is 35.5 Å². The number of Topliss-reactive ketones (excluding diaryl/α,β-unsaturated/α-hetero) is 1. The molecule has 0 atom stereocenters. The Kier molecular flexibility index (Phi) is 6.72. The quantitative estimate of drug-likeness (QED) is 0.652. The van der Waals surface area contributed by atoms with Gasteiger partial charge in [0.1, 0.15) is 4.90 Å². The van der Waals surface area contributed by atoms with Gasteiger partial charge in [-0.3, -0.25) is 14.7 Å². The minimum absolute atomic E-state index is 0.0584. The number of nitrogens with one attached hydrogen (secondary N) is 2. The summed E-state index contributed by atoms with van der Waals surface area (Å²) in [5.41, 5.74) is 2.68. The van der Waals surface area contributed by atoms with Crippen molar-refractivity contribution in [3.05, 3.63) is 46.8 Å². The first-order valence-corrected chi connectivity index (χ1v) is 11.5. The number of amides is 1. The Bertz CT molecular complexity index is 1000. The molecule has 1 fully saturated rings. The predicted molar refractivity (Wildman–Crippen MR) is 113 cm³/mol. The number of H-pyrrole nitrogens is 1. The number of hydrogen-bond acceptors (Lipinski definition) is 5. The molecule has 0 radical (unpaired) electrons. The molecule has 162 valence electrons. The monoisotopic (exact) mass is 432 g/mol. The van der Waals surface area contributed by atoms with Crippen LogP contribution in [0.4, 0.5) is 0 Å². The molecule has 2 aromatic rings. The maximum absolute atomic E-state index is 12.9. The Morgan fingerprint density at radius 1 is 1.10 bits per heavy atom. The zero-order valence-corrected chi connectivity index (χ0v) is 18.4. The van der Waals surface area contributed by atoms with Gasteiger partial charge in [0.2, 0.25) is 15.9 Å². The number of aryl methyl sites for hydroxylation is 3. The number of carbonyl (C=O) groups excluding carboxylic acids is 2. The van der Waals surface area contributed by atoms with Gasteiger partial charge in [-0.2, -0.15) is 9.40 Å². The number of sulfonamides is 1. The molecule has 0 spiro atoms. The molecule has 0 bridgehead atoms. The molecule has 2 N–H and O–H groups in total. The summed E-state index contributed by atoms with van der Waals surface area (Å²) in [5, 5.41) is 9.62. The Morgan fingerprint density at radius 3 is 2.30 bits per heavy atom. The van der Waals surface area contributed by atoms with Crippen molar-refractivity contribution in [2.75, 3.05) is 13.1 Å². The van der Waals surface area contributed by atoms with Crippen molar-refractivity contribution >= 4 is 21.7 Å². The van der Waals surface area contributed by atoms with Gasteiger partial charge < -0.3 is 5.32 Å². The lowest BCUT2D eigenvalue weighted by Crippen LogP contribution is -2.46. The maximum atomic E-state index is 12.9. The average Bonchev–Trinajstić information content (AvgIpc) is 3.06. The summed E-state index contributed by atoms with van der Waals surface area (Å²) in [7, 11) is -3.60. The average molecular weight is 433 g/mol. The summed E-state index contributed by atoms with van der Waals surface area (Å²) < 4.78 is 27.2. The predicted octanol–water partition coefficient (Wildman–Crippen LogP) is 2.27. The molecule has 1 aliphatic heterocycles. The highest BCUT2D eigenvalue weighted by Crippen LogP contribution is 2.24. The first kappa shape index (κ1) is 22.2. The van der Waals surface area contributed by atoms with Gasteiger partial charge in [-0.25, -0.2) is 8.42 Å².